The van der Waals surface area contributed by atoms with Crippen LogP contribution in [-0.2, 0) is 14.3 Å². The standard InChI is InChI=1S/C25H40F2O5/c1-2-3-9-15-25(26,27)16-14-20-19(11-6-4-5-7-12-23(29)30)21(28)18-22(20)32-24-13-8-10-17-31-24/h4,6,14,16,19-22,24,28H,2-3,5,7-13,15,17-18H2,1H3,(H,29,30)/b6-4-,16-14+/t19-,20-,21+,22-,24?/m1/s1. The lowest BCUT2D eigenvalue weighted by atomic mass is 9.89. The maximum Gasteiger partial charge on any atom is 0.303 e. The van der Waals surface area contributed by atoms with E-state index in [1.165, 1.54) is 0 Å². The van der Waals surface area contributed by atoms with Crippen LogP contribution in [-0.4, -0.2) is 47.2 Å². The first-order chi connectivity index (χ1) is 15.3. The topological polar surface area (TPSA) is 76.0 Å². The molecule has 1 unspecified atom stereocenters. The van der Waals surface area contributed by atoms with Crippen LogP contribution in [0.15, 0.2) is 24.3 Å². The molecule has 2 N–H and O–H groups in total. The largest absolute Gasteiger partial charge is 0.481 e. The number of carboxylic acids is 1. The minimum absolute atomic E-state index is 0.117. The minimum Gasteiger partial charge on any atom is -0.481 e. The molecule has 1 aliphatic carbocycles. The molecule has 5 atom stereocenters. The van der Waals surface area contributed by atoms with Gasteiger partial charge in [0.1, 0.15) is 0 Å². The first kappa shape index (κ1) is 26.9. The second-order valence-corrected chi connectivity index (χ2v) is 9.09. The monoisotopic (exact) mass is 458 g/mol. The van der Waals surface area contributed by atoms with E-state index in [0.29, 0.717) is 38.7 Å². The van der Waals surface area contributed by atoms with Crippen molar-refractivity contribution in [1.29, 1.82) is 0 Å². The molecule has 0 aromatic carbocycles. The Morgan fingerprint density at radius 1 is 1.22 bits per heavy atom. The van der Waals surface area contributed by atoms with E-state index < -0.39 is 18.0 Å². The van der Waals surface area contributed by atoms with E-state index in [0.717, 1.165) is 38.2 Å². The molecule has 0 aromatic rings. The lowest BCUT2D eigenvalue weighted by molar-refractivity contribution is -0.193. The third-order valence-corrected chi connectivity index (χ3v) is 6.37. The van der Waals surface area contributed by atoms with Gasteiger partial charge in [-0.05, 0) is 56.9 Å². The Morgan fingerprint density at radius 3 is 2.72 bits per heavy atom. The van der Waals surface area contributed by atoms with Gasteiger partial charge in [0.05, 0.1) is 12.2 Å². The van der Waals surface area contributed by atoms with Crippen LogP contribution in [0.25, 0.3) is 0 Å². The summed E-state index contributed by atoms with van der Waals surface area (Å²) in [5.41, 5.74) is 0. The molecular formula is C25H40F2O5. The Kier molecular flexibility index (Phi) is 11.8. The third-order valence-electron chi connectivity index (χ3n) is 6.37. The molecule has 0 radical (unpaired) electrons. The number of carboxylic acid groups (broad SMARTS) is 1. The summed E-state index contributed by atoms with van der Waals surface area (Å²) in [6.07, 6.45) is 12.1. The molecule has 1 saturated heterocycles. The Balaban J connectivity index is 2.02. The van der Waals surface area contributed by atoms with Crippen molar-refractivity contribution in [3.05, 3.63) is 24.3 Å². The first-order valence-electron chi connectivity index (χ1n) is 12.2. The van der Waals surface area contributed by atoms with Crippen molar-refractivity contribution in [2.24, 2.45) is 11.8 Å². The van der Waals surface area contributed by atoms with Crippen molar-refractivity contribution in [3.8, 4) is 0 Å². The van der Waals surface area contributed by atoms with Gasteiger partial charge >= 0.3 is 5.97 Å². The molecule has 2 rings (SSSR count). The number of aliphatic hydroxyl groups is 1. The van der Waals surface area contributed by atoms with Gasteiger partial charge in [0, 0.05) is 31.8 Å². The molecule has 7 heteroatoms. The van der Waals surface area contributed by atoms with Gasteiger partial charge in [-0.15, -0.1) is 0 Å². The Labute approximate surface area is 190 Å². The molecule has 0 amide bonds. The van der Waals surface area contributed by atoms with Gasteiger partial charge in [0.15, 0.2) is 6.29 Å². The van der Waals surface area contributed by atoms with E-state index in [4.69, 9.17) is 14.6 Å². The van der Waals surface area contributed by atoms with Gasteiger partial charge < -0.3 is 19.7 Å². The number of aliphatic carboxylic acids is 1. The summed E-state index contributed by atoms with van der Waals surface area (Å²) in [6, 6.07) is 0. The molecular weight excluding hydrogens is 418 g/mol. The van der Waals surface area contributed by atoms with Gasteiger partial charge in [0.2, 0.25) is 0 Å². The van der Waals surface area contributed by atoms with Crippen molar-refractivity contribution < 1.29 is 33.3 Å². The number of ether oxygens (including phenoxy) is 2. The van der Waals surface area contributed by atoms with Crippen LogP contribution in [0, 0.1) is 11.8 Å². The number of hydrogen-bond donors (Lipinski definition) is 2. The summed E-state index contributed by atoms with van der Waals surface area (Å²) in [6.45, 7) is 2.63. The number of alkyl halides is 2. The second-order valence-electron chi connectivity index (χ2n) is 9.09. The molecule has 1 aliphatic heterocycles. The number of allylic oxidation sites excluding steroid dienone is 3. The predicted octanol–water partition coefficient (Wildman–Crippen LogP) is 5.87. The number of halogens is 2. The van der Waals surface area contributed by atoms with E-state index in [1.807, 2.05) is 19.1 Å². The van der Waals surface area contributed by atoms with Crippen LogP contribution in [0.5, 0.6) is 0 Å². The van der Waals surface area contributed by atoms with Gasteiger partial charge in [0.25, 0.3) is 5.92 Å². The van der Waals surface area contributed by atoms with E-state index in [1.54, 1.807) is 6.08 Å². The number of hydrogen-bond acceptors (Lipinski definition) is 4. The van der Waals surface area contributed by atoms with Crippen molar-refractivity contribution in [3.63, 3.8) is 0 Å². The molecule has 2 aliphatic rings. The number of rotatable bonds is 14. The molecule has 0 aromatic heterocycles. The highest BCUT2D eigenvalue weighted by molar-refractivity contribution is 5.66. The minimum atomic E-state index is -2.87. The van der Waals surface area contributed by atoms with Crippen LogP contribution in [0.2, 0.25) is 0 Å². The number of aliphatic hydroxyl groups excluding tert-OH is 1. The lowest BCUT2D eigenvalue weighted by Gasteiger charge is -2.29. The fourth-order valence-electron chi connectivity index (χ4n) is 4.53. The summed E-state index contributed by atoms with van der Waals surface area (Å²) in [4.78, 5) is 10.6. The summed E-state index contributed by atoms with van der Waals surface area (Å²) in [7, 11) is 0. The normalized spacial score (nSPS) is 29.3. The van der Waals surface area contributed by atoms with Gasteiger partial charge in [-0.25, -0.2) is 8.78 Å². The highest BCUT2D eigenvalue weighted by Crippen LogP contribution is 2.40. The van der Waals surface area contributed by atoms with E-state index >= 15 is 0 Å². The molecule has 0 spiro atoms. The van der Waals surface area contributed by atoms with Crippen molar-refractivity contribution >= 4 is 5.97 Å². The maximum absolute atomic E-state index is 14.4. The summed E-state index contributed by atoms with van der Waals surface area (Å²) < 4.78 is 40.6. The zero-order valence-corrected chi connectivity index (χ0v) is 19.3. The van der Waals surface area contributed by atoms with Gasteiger partial charge in [-0.3, -0.25) is 4.79 Å². The van der Waals surface area contributed by atoms with Crippen molar-refractivity contribution in [2.45, 2.75) is 108 Å². The Hall–Kier alpha value is -1.31. The first-order valence-corrected chi connectivity index (χ1v) is 12.2. The molecule has 32 heavy (non-hydrogen) atoms. The van der Waals surface area contributed by atoms with Crippen LogP contribution < -0.4 is 0 Å². The van der Waals surface area contributed by atoms with Crippen LogP contribution in [0.4, 0.5) is 8.78 Å². The lowest BCUT2D eigenvalue weighted by Crippen LogP contribution is -2.31. The van der Waals surface area contributed by atoms with E-state index in [2.05, 4.69) is 0 Å². The molecule has 184 valence electrons. The Morgan fingerprint density at radius 2 is 2.03 bits per heavy atom. The zero-order valence-electron chi connectivity index (χ0n) is 19.3. The summed E-state index contributed by atoms with van der Waals surface area (Å²) in [5, 5.41) is 19.4. The molecule has 1 heterocycles. The Bertz CT molecular complexity index is 601. The average molecular weight is 459 g/mol. The number of unbranched alkanes of at least 4 members (excludes halogenated alkanes) is 3. The second kappa shape index (κ2) is 14.1. The van der Waals surface area contributed by atoms with Crippen LogP contribution >= 0.6 is 0 Å². The van der Waals surface area contributed by atoms with Crippen LogP contribution in [0.1, 0.15) is 84.0 Å². The molecule has 5 nitrogen and oxygen atoms in total. The zero-order chi connectivity index (χ0) is 23.4. The summed E-state index contributed by atoms with van der Waals surface area (Å²) in [5.74, 6) is -4.23. The smallest absolute Gasteiger partial charge is 0.303 e. The highest BCUT2D eigenvalue weighted by atomic mass is 19.3. The third kappa shape index (κ3) is 9.67. The maximum atomic E-state index is 14.4. The average Bonchev–Trinajstić information content (AvgIpc) is 3.03. The SMILES string of the molecule is CCCCCC(F)(F)/C=C/[C@@H]1[C@@H](C/C=C\CCCC(=O)O)[C@@H](O)C[C@H]1OC1CCCCO1. The molecule has 0 bridgehead atoms. The molecule has 2 fully saturated rings. The van der Waals surface area contributed by atoms with Gasteiger partial charge in [-0.1, -0.05) is 38.0 Å². The quantitative estimate of drug-likeness (QED) is 0.252. The van der Waals surface area contributed by atoms with E-state index in [-0.39, 0.29) is 37.1 Å². The van der Waals surface area contributed by atoms with Crippen molar-refractivity contribution in [2.75, 3.05) is 6.61 Å². The van der Waals surface area contributed by atoms with Gasteiger partial charge in [-0.2, -0.15) is 0 Å². The fraction of sp³-hybridized carbons (Fsp3) is 0.800. The van der Waals surface area contributed by atoms with E-state index in [9.17, 15) is 18.7 Å². The number of carbonyl (C=O) groups is 1. The van der Waals surface area contributed by atoms with Crippen molar-refractivity contribution in [1.82, 2.24) is 0 Å². The van der Waals surface area contributed by atoms with Crippen LogP contribution in [0.3, 0.4) is 0 Å². The predicted molar refractivity (Wildman–Crippen MR) is 120 cm³/mol. The highest BCUT2D eigenvalue weighted by Gasteiger charge is 2.43. The summed E-state index contributed by atoms with van der Waals surface area (Å²) >= 11 is 0. The fourth-order valence-corrected chi connectivity index (χ4v) is 4.53. The molecule has 1 saturated carbocycles.